The molecule has 2 aliphatic rings. The van der Waals surface area contributed by atoms with E-state index in [-0.39, 0.29) is 19.6 Å². The van der Waals surface area contributed by atoms with E-state index in [0.717, 1.165) is 0 Å². The highest BCUT2D eigenvalue weighted by Gasteiger charge is 2.67. The highest BCUT2D eigenvalue weighted by molar-refractivity contribution is 5.83. The highest BCUT2D eigenvalue weighted by Crippen LogP contribution is 2.46. The van der Waals surface area contributed by atoms with Gasteiger partial charge in [-0.25, -0.2) is 14.0 Å². The van der Waals surface area contributed by atoms with Gasteiger partial charge in [0.05, 0.1) is 12.5 Å². The minimum absolute atomic E-state index is 0.0815. The van der Waals surface area contributed by atoms with E-state index >= 15 is 0 Å². The molecular formula is C13H21FN2O4. The van der Waals surface area contributed by atoms with Gasteiger partial charge in [0.1, 0.15) is 5.60 Å². The normalized spacial score (nSPS) is 28.1. The SMILES string of the molecule is COC(=O)C1(F)CNCC12CN(C(=O)OC(C)(C)C)C2. The van der Waals surface area contributed by atoms with E-state index in [0.29, 0.717) is 6.54 Å². The van der Waals surface area contributed by atoms with Crippen molar-refractivity contribution in [1.82, 2.24) is 10.2 Å². The Balaban J connectivity index is 2.04. The summed E-state index contributed by atoms with van der Waals surface area (Å²) in [5, 5.41) is 2.87. The van der Waals surface area contributed by atoms with Crippen LogP contribution in [-0.2, 0) is 14.3 Å². The average molecular weight is 288 g/mol. The maximum Gasteiger partial charge on any atom is 0.410 e. The molecule has 2 saturated heterocycles. The number of esters is 1. The Labute approximate surface area is 117 Å². The Morgan fingerprint density at radius 1 is 1.25 bits per heavy atom. The van der Waals surface area contributed by atoms with Crippen LogP contribution in [0.25, 0.3) is 0 Å². The van der Waals surface area contributed by atoms with Crippen molar-refractivity contribution in [1.29, 1.82) is 0 Å². The van der Waals surface area contributed by atoms with Crippen LogP contribution < -0.4 is 5.32 Å². The largest absolute Gasteiger partial charge is 0.467 e. The molecule has 0 saturated carbocycles. The Hall–Kier alpha value is -1.37. The summed E-state index contributed by atoms with van der Waals surface area (Å²) < 4.78 is 24.6. The van der Waals surface area contributed by atoms with Gasteiger partial charge in [0, 0.05) is 26.2 Å². The fraction of sp³-hybridized carbons (Fsp3) is 0.846. The van der Waals surface area contributed by atoms with Crippen molar-refractivity contribution >= 4 is 12.1 Å². The van der Waals surface area contributed by atoms with Gasteiger partial charge in [0.2, 0.25) is 5.67 Å². The number of alkyl halides is 1. The van der Waals surface area contributed by atoms with Crippen LogP contribution in [-0.4, -0.2) is 61.5 Å². The number of rotatable bonds is 1. The fourth-order valence-electron chi connectivity index (χ4n) is 2.75. The summed E-state index contributed by atoms with van der Waals surface area (Å²) >= 11 is 0. The lowest BCUT2D eigenvalue weighted by Gasteiger charge is -2.51. The van der Waals surface area contributed by atoms with Gasteiger partial charge in [-0.15, -0.1) is 0 Å². The number of ether oxygens (including phenoxy) is 2. The predicted octanol–water partition coefficient (Wildman–Crippen LogP) is 0.708. The molecule has 114 valence electrons. The lowest BCUT2D eigenvalue weighted by Crippen LogP contribution is -2.69. The van der Waals surface area contributed by atoms with Gasteiger partial charge in [-0.05, 0) is 20.8 Å². The second-order valence-corrected chi connectivity index (χ2v) is 6.51. The minimum atomic E-state index is -2.08. The standard InChI is InChI=1S/C13H21FN2O4/c1-11(2,3)20-10(18)16-7-12(8-16)5-15-6-13(12,14)9(17)19-4/h15H,5-8H2,1-4H3. The molecule has 0 aromatic rings. The molecule has 1 spiro atoms. The number of hydrogen-bond acceptors (Lipinski definition) is 5. The number of likely N-dealkylation sites (tertiary alicyclic amines) is 1. The number of halogens is 1. The van der Waals surface area contributed by atoms with Crippen LogP contribution in [0.5, 0.6) is 0 Å². The van der Waals surface area contributed by atoms with Crippen molar-refractivity contribution < 1.29 is 23.5 Å². The number of methoxy groups -OCH3 is 1. The van der Waals surface area contributed by atoms with Gasteiger partial charge in [0.15, 0.2) is 0 Å². The molecule has 2 rings (SSSR count). The molecule has 2 fully saturated rings. The summed E-state index contributed by atoms with van der Waals surface area (Å²) in [6, 6.07) is 0. The lowest BCUT2D eigenvalue weighted by atomic mass is 9.69. The zero-order valence-corrected chi connectivity index (χ0v) is 12.3. The molecule has 20 heavy (non-hydrogen) atoms. The molecule has 1 unspecified atom stereocenters. The smallest absolute Gasteiger partial charge is 0.410 e. The van der Waals surface area contributed by atoms with Crippen LogP contribution in [0.4, 0.5) is 9.18 Å². The van der Waals surface area contributed by atoms with Gasteiger partial charge >= 0.3 is 12.1 Å². The maximum atomic E-state index is 14.9. The maximum absolute atomic E-state index is 14.9. The Morgan fingerprint density at radius 3 is 2.35 bits per heavy atom. The van der Waals surface area contributed by atoms with Crippen LogP contribution >= 0.6 is 0 Å². The monoisotopic (exact) mass is 288 g/mol. The number of hydrogen-bond donors (Lipinski definition) is 1. The molecule has 0 aliphatic carbocycles. The van der Waals surface area contributed by atoms with Gasteiger partial charge in [-0.1, -0.05) is 0 Å². The fourth-order valence-corrected chi connectivity index (χ4v) is 2.75. The number of nitrogens with zero attached hydrogens (tertiary/aromatic N) is 1. The molecule has 1 atom stereocenters. The van der Waals surface area contributed by atoms with Crippen LogP contribution in [0.15, 0.2) is 0 Å². The second kappa shape index (κ2) is 4.58. The molecule has 0 radical (unpaired) electrons. The van der Waals surface area contributed by atoms with Crippen LogP contribution in [0.3, 0.4) is 0 Å². The van der Waals surface area contributed by atoms with Gasteiger partial charge in [-0.2, -0.15) is 0 Å². The van der Waals surface area contributed by atoms with Crippen molar-refractivity contribution in [3.8, 4) is 0 Å². The average Bonchev–Trinajstić information content (AvgIpc) is 2.62. The third-order valence-electron chi connectivity index (χ3n) is 3.82. The third kappa shape index (κ3) is 2.24. The van der Waals surface area contributed by atoms with E-state index in [9.17, 15) is 14.0 Å². The summed E-state index contributed by atoms with van der Waals surface area (Å²) in [6.45, 7) is 5.88. The molecule has 7 heteroatoms. The molecule has 0 bridgehead atoms. The van der Waals surface area contributed by atoms with Crippen LogP contribution in [0, 0.1) is 5.41 Å². The molecule has 6 nitrogen and oxygen atoms in total. The van der Waals surface area contributed by atoms with E-state index < -0.39 is 28.7 Å². The summed E-state index contributed by atoms with van der Waals surface area (Å²) in [4.78, 5) is 25.0. The minimum Gasteiger partial charge on any atom is -0.467 e. The summed E-state index contributed by atoms with van der Waals surface area (Å²) in [5.41, 5.74) is -3.58. The Morgan fingerprint density at radius 2 is 1.85 bits per heavy atom. The van der Waals surface area contributed by atoms with Crippen molar-refractivity contribution in [2.24, 2.45) is 5.41 Å². The van der Waals surface area contributed by atoms with Crippen LogP contribution in [0.1, 0.15) is 20.8 Å². The lowest BCUT2D eigenvalue weighted by molar-refractivity contribution is -0.170. The van der Waals surface area contributed by atoms with Crippen molar-refractivity contribution in [2.45, 2.75) is 32.0 Å². The number of carbonyl (C=O) groups excluding carboxylic acids is 2. The molecular weight excluding hydrogens is 267 g/mol. The Kier molecular flexibility index (Phi) is 3.44. The van der Waals surface area contributed by atoms with Gasteiger partial charge in [-0.3, -0.25) is 0 Å². The van der Waals surface area contributed by atoms with E-state index in [1.165, 1.54) is 12.0 Å². The van der Waals surface area contributed by atoms with Gasteiger partial charge in [0.25, 0.3) is 0 Å². The second-order valence-electron chi connectivity index (χ2n) is 6.51. The Bertz CT molecular complexity index is 429. The molecule has 0 aromatic heterocycles. The third-order valence-corrected chi connectivity index (χ3v) is 3.82. The zero-order chi connectivity index (χ0) is 15.2. The molecule has 1 N–H and O–H groups in total. The van der Waals surface area contributed by atoms with Gasteiger partial charge < -0.3 is 19.7 Å². The molecule has 2 aliphatic heterocycles. The number of nitrogens with one attached hydrogen (secondary N) is 1. The summed E-state index contributed by atoms with van der Waals surface area (Å²) in [6.07, 6.45) is -0.484. The van der Waals surface area contributed by atoms with E-state index in [1.54, 1.807) is 20.8 Å². The first-order valence-electron chi connectivity index (χ1n) is 6.60. The predicted molar refractivity (Wildman–Crippen MR) is 69.0 cm³/mol. The van der Waals surface area contributed by atoms with E-state index in [2.05, 4.69) is 10.1 Å². The topological polar surface area (TPSA) is 67.9 Å². The highest BCUT2D eigenvalue weighted by atomic mass is 19.1. The van der Waals surface area contributed by atoms with Crippen molar-refractivity contribution in [2.75, 3.05) is 33.3 Å². The van der Waals surface area contributed by atoms with E-state index in [1.807, 2.05) is 0 Å². The van der Waals surface area contributed by atoms with Crippen molar-refractivity contribution in [3.05, 3.63) is 0 Å². The molecule has 1 amide bonds. The molecule has 0 aromatic carbocycles. The van der Waals surface area contributed by atoms with Crippen molar-refractivity contribution in [3.63, 3.8) is 0 Å². The zero-order valence-electron chi connectivity index (χ0n) is 12.3. The van der Waals surface area contributed by atoms with E-state index in [4.69, 9.17) is 4.74 Å². The quantitative estimate of drug-likeness (QED) is 0.720. The first-order chi connectivity index (χ1) is 9.13. The number of carbonyl (C=O) groups is 2. The molecule has 2 heterocycles. The summed E-state index contributed by atoms with van der Waals surface area (Å²) in [7, 11) is 1.17. The summed E-state index contributed by atoms with van der Waals surface area (Å²) in [5.74, 6) is -0.883. The van der Waals surface area contributed by atoms with Crippen LogP contribution in [0.2, 0.25) is 0 Å². The first-order valence-corrected chi connectivity index (χ1v) is 6.60. The first kappa shape index (κ1) is 15.0. The number of amides is 1.